The van der Waals surface area contributed by atoms with Gasteiger partial charge in [-0.2, -0.15) is 0 Å². The molecule has 0 saturated heterocycles. The third-order valence-electron chi connectivity index (χ3n) is 1.90. The van der Waals surface area contributed by atoms with E-state index in [2.05, 4.69) is 4.98 Å². The average molecular weight is 182 g/mol. The van der Waals surface area contributed by atoms with Gasteiger partial charge >= 0.3 is 0 Å². The normalized spacial score (nSPS) is 15.8. The van der Waals surface area contributed by atoms with E-state index in [4.69, 9.17) is 10.5 Å². The number of nitrogens with zero attached hydrogens (tertiary/aromatic N) is 1. The van der Waals surface area contributed by atoms with E-state index in [0.717, 1.165) is 12.8 Å². The zero-order valence-electron chi connectivity index (χ0n) is 7.16. The molecule has 70 valence electrons. The lowest BCUT2D eigenvalue weighted by atomic mass is 10.3. The van der Waals surface area contributed by atoms with Crippen LogP contribution < -0.4 is 10.5 Å². The Morgan fingerprint density at radius 1 is 1.62 bits per heavy atom. The van der Waals surface area contributed by atoms with Crippen molar-refractivity contribution in [1.82, 2.24) is 4.98 Å². The Kier molecular flexibility index (Phi) is 2.14. The third kappa shape index (κ3) is 1.95. The van der Waals surface area contributed by atoms with Gasteiger partial charge in [-0.25, -0.2) is 9.37 Å². The zero-order chi connectivity index (χ0) is 9.26. The number of hydrogen-bond acceptors (Lipinski definition) is 3. The van der Waals surface area contributed by atoms with Gasteiger partial charge in [0.1, 0.15) is 6.10 Å². The van der Waals surface area contributed by atoms with Gasteiger partial charge in [-0.1, -0.05) is 0 Å². The molecule has 0 amide bonds. The van der Waals surface area contributed by atoms with Crippen molar-refractivity contribution in [3.63, 3.8) is 0 Å². The van der Waals surface area contributed by atoms with E-state index in [1.165, 1.54) is 6.07 Å². The van der Waals surface area contributed by atoms with E-state index in [-0.39, 0.29) is 12.0 Å². The first-order valence-electron chi connectivity index (χ1n) is 4.30. The molecule has 1 aromatic rings. The summed E-state index contributed by atoms with van der Waals surface area (Å²) in [7, 11) is 0. The smallest absolute Gasteiger partial charge is 0.250 e. The Hall–Kier alpha value is -1.16. The maximum atomic E-state index is 13.2. The van der Waals surface area contributed by atoms with Crippen LogP contribution in [0.1, 0.15) is 18.4 Å². The summed E-state index contributed by atoms with van der Waals surface area (Å²) in [6.45, 7) is 0.299. The van der Waals surface area contributed by atoms with E-state index in [1.807, 2.05) is 0 Å². The van der Waals surface area contributed by atoms with Crippen molar-refractivity contribution >= 4 is 0 Å². The van der Waals surface area contributed by atoms with Gasteiger partial charge in [-0.05, 0) is 24.5 Å². The molecule has 1 heterocycles. The fourth-order valence-electron chi connectivity index (χ4n) is 1.01. The molecule has 1 fully saturated rings. The Morgan fingerprint density at radius 2 is 2.38 bits per heavy atom. The number of rotatable bonds is 3. The fourth-order valence-corrected chi connectivity index (χ4v) is 1.01. The van der Waals surface area contributed by atoms with Gasteiger partial charge in [-0.3, -0.25) is 0 Å². The summed E-state index contributed by atoms with van der Waals surface area (Å²) >= 11 is 0. The van der Waals surface area contributed by atoms with Crippen molar-refractivity contribution in [2.75, 3.05) is 0 Å². The topological polar surface area (TPSA) is 48.1 Å². The molecule has 13 heavy (non-hydrogen) atoms. The highest BCUT2D eigenvalue weighted by molar-refractivity contribution is 5.20. The molecule has 3 nitrogen and oxygen atoms in total. The van der Waals surface area contributed by atoms with E-state index >= 15 is 0 Å². The minimum Gasteiger partial charge on any atom is -0.472 e. The number of nitrogens with two attached hydrogens (primary N) is 1. The average Bonchev–Trinajstić information content (AvgIpc) is 2.92. The molecule has 2 N–H and O–H groups in total. The van der Waals surface area contributed by atoms with E-state index in [0.29, 0.717) is 12.1 Å². The Bertz CT molecular complexity index is 312. The summed E-state index contributed by atoms with van der Waals surface area (Å²) in [5.74, 6) is -0.324. The van der Waals surface area contributed by atoms with Crippen LogP contribution in [0.3, 0.4) is 0 Å². The third-order valence-corrected chi connectivity index (χ3v) is 1.90. The quantitative estimate of drug-likeness (QED) is 0.764. The molecule has 0 atom stereocenters. The van der Waals surface area contributed by atoms with Gasteiger partial charge in [0.15, 0.2) is 5.82 Å². The highest BCUT2D eigenvalue weighted by Crippen LogP contribution is 2.27. The predicted octanol–water partition coefficient (Wildman–Crippen LogP) is 1.22. The number of ether oxygens (including phenoxy) is 1. The van der Waals surface area contributed by atoms with Crippen molar-refractivity contribution in [2.24, 2.45) is 5.73 Å². The first-order chi connectivity index (χ1) is 6.29. The molecule has 0 aliphatic heterocycles. The van der Waals surface area contributed by atoms with E-state index in [9.17, 15) is 4.39 Å². The van der Waals surface area contributed by atoms with Crippen LogP contribution in [-0.2, 0) is 6.54 Å². The second-order valence-electron chi connectivity index (χ2n) is 3.15. The summed E-state index contributed by atoms with van der Waals surface area (Å²) in [5.41, 5.74) is 6.02. The first-order valence-corrected chi connectivity index (χ1v) is 4.30. The van der Waals surface area contributed by atoms with Crippen molar-refractivity contribution in [1.29, 1.82) is 0 Å². The summed E-state index contributed by atoms with van der Waals surface area (Å²) in [6, 6.07) is 1.37. The van der Waals surface area contributed by atoms with Crippen LogP contribution in [0.25, 0.3) is 0 Å². The molecule has 0 radical (unpaired) electrons. The fraction of sp³-hybridized carbons (Fsp3) is 0.444. The van der Waals surface area contributed by atoms with Crippen LogP contribution in [0.15, 0.2) is 12.3 Å². The molecule has 0 spiro atoms. The first kappa shape index (κ1) is 8.44. The number of hydrogen-bond donors (Lipinski definition) is 1. The molecule has 1 aliphatic carbocycles. The second kappa shape index (κ2) is 3.30. The van der Waals surface area contributed by atoms with Gasteiger partial charge in [0.2, 0.25) is 0 Å². The molecule has 2 rings (SSSR count). The maximum Gasteiger partial charge on any atom is 0.250 e. The number of halogens is 1. The Labute approximate surface area is 75.7 Å². The van der Waals surface area contributed by atoms with Gasteiger partial charge < -0.3 is 10.5 Å². The maximum absolute atomic E-state index is 13.2. The number of aromatic nitrogens is 1. The molecule has 0 aromatic carbocycles. The summed E-state index contributed by atoms with van der Waals surface area (Å²) < 4.78 is 18.4. The van der Waals surface area contributed by atoms with E-state index in [1.54, 1.807) is 6.20 Å². The Morgan fingerprint density at radius 3 is 2.92 bits per heavy atom. The molecular weight excluding hydrogens is 171 g/mol. The van der Waals surface area contributed by atoms with Crippen molar-refractivity contribution in [3.05, 3.63) is 23.6 Å². The van der Waals surface area contributed by atoms with Gasteiger partial charge in [0, 0.05) is 12.7 Å². The molecule has 1 aliphatic rings. The lowest BCUT2D eigenvalue weighted by Gasteiger charge is -2.04. The zero-order valence-corrected chi connectivity index (χ0v) is 7.16. The van der Waals surface area contributed by atoms with Crippen molar-refractivity contribution in [2.45, 2.75) is 25.5 Å². The minimum absolute atomic E-state index is 0.0969. The number of pyridine rings is 1. The molecule has 1 aromatic heterocycles. The Balaban J connectivity index is 2.15. The van der Waals surface area contributed by atoms with Crippen LogP contribution in [0.5, 0.6) is 5.88 Å². The molecule has 4 heteroatoms. The van der Waals surface area contributed by atoms with Gasteiger partial charge in [0.05, 0.1) is 0 Å². The van der Waals surface area contributed by atoms with Crippen LogP contribution in [0.2, 0.25) is 0 Å². The summed E-state index contributed by atoms with van der Waals surface area (Å²) in [4.78, 5) is 3.85. The molecule has 0 bridgehead atoms. The van der Waals surface area contributed by atoms with Gasteiger partial charge in [-0.15, -0.1) is 0 Å². The largest absolute Gasteiger partial charge is 0.472 e. The predicted molar refractivity (Wildman–Crippen MR) is 45.7 cm³/mol. The van der Waals surface area contributed by atoms with E-state index < -0.39 is 5.82 Å². The second-order valence-corrected chi connectivity index (χ2v) is 3.15. The van der Waals surface area contributed by atoms with Gasteiger partial charge in [0.25, 0.3) is 5.88 Å². The monoisotopic (exact) mass is 182 g/mol. The molecule has 0 unspecified atom stereocenters. The van der Waals surface area contributed by atoms with Crippen molar-refractivity contribution in [3.8, 4) is 5.88 Å². The summed E-state index contributed by atoms with van der Waals surface area (Å²) in [6.07, 6.45) is 3.71. The lowest BCUT2D eigenvalue weighted by molar-refractivity contribution is 0.274. The molecular formula is C9H11FN2O. The van der Waals surface area contributed by atoms with Crippen molar-refractivity contribution < 1.29 is 9.13 Å². The van der Waals surface area contributed by atoms with Crippen LogP contribution in [0, 0.1) is 5.82 Å². The van der Waals surface area contributed by atoms with Crippen LogP contribution >= 0.6 is 0 Å². The highest BCUT2D eigenvalue weighted by atomic mass is 19.1. The summed E-state index contributed by atoms with van der Waals surface area (Å²) in [5, 5.41) is 0. The van der Waals surface area contributed by atoms with Crippen LogP contribution in [0.4, 0.5) is 4.39 Å². The molecule has 1 saturated carbocycles. The SMILES string of the molecule is NCc1cnc(OC2CC2)c(F)c1. The lowest BCUT2D eigenvalue weighted by Crippen LogP contribution is -2.03. The van der Waals surface area contributed by atoms with Crippen LogP contribution in [-0.4, -0.2) is 11.1 Å². The highest BCUT2D eigenvalue weighted by Gasteiger charge is 2.25. The minimum atomic E-state index is -0.421. The standard InChI is InChI=1S/C9H11FN2O/c10-8-3-6(4-11)5-12-9(8)13-7-1-2-7/h3,5,7H,1-2,4,11H2.